The summed E-state index contributed by atoms with van der Waals surface area (Å²) in [6.07, 6.45) is 0. The number of rotatable bonds is 2. The van der Waals surface area contributed by atoms with Gasteiger partial charge in [0, 0.05) is 34.5 Å². The Labute approximate surface area is 99.3 Å². The smallest absolute Gasteiger partial charge is 0.303 e. The zero-order chi connectivity index (χ0) is 12.8. The molecule has 0 radical (unpaired) electrons. The van der Waals surface area contributed by atoms with Gasteiger partial charge in [0.05, 0.1) is 0 Å². The van der Waals surface area contributed by atoms with E-state index in [4.69, 9.17) is 0 Å². The number of nitrogens with zero attached hydrogens (tertiary/aromatic N) is 2. The number of hydrogen-bond acceptors (Lipinski definition) is 4. The van der Waals surface area contributed by atoms with Crippen LogP contribution in [0, 0.1) is 0 Å². The molecule has 1 saturated heterocycles. The fourth-order valence-electron chi connectivity index (χ4n) is 1.27. The average molecular weight is 253 g/mol. The van der Waals surface area contributed by atoms with E-state index in [1.165, 1.54) is 11.2 Å². The number of likely N-dealkylation sites (N-methyl/N-ethyl adjacent to an activating group) is 1. The molecule has 1 aliphatic heterocycles. The summed E-state index contributed by atoms with van der Waals surface area (Å²) in [5.74, 6) is -0.552. The monoisotopic (exact) mass is 253 g/mol. The summed E-state index contributed by atoms with van der Waals surface area (Å²) in [6.45, 7) is 7.43. The van der Waals surface area contributed by atoms with Crippen LogP contribution in [-0.4, -0.2) is 56.8 Å². The number of piperazine rings is 1. The lowest BCUT2D eigenvalue weighted by Gasteiger charge is -2.31. The molecule has 0 aromatic heterocycles. The molecule has 1 rings (SSSR count). The Morgan fingerprint density at radius 3 is 2.00 bits per heavy atom. The van der Waals surface area contributed by atoms with Crippen molar-refractivity contribution in [1.82, 2.24) is 13.9 Å². The predicted octanol–water partition coefficient (Wildman–Crippen LogP) is -0.113. The first-order valence-corrected chi connectivity index (χ1v) is 6.83. The van der Waals surface area contributed by atoms with E-state index in [1.54, 1.807) is 0 Å². The Balaban J connectivity index is 0. The van der Waals surface area contributed by atoms with Crippen molar-refractivity contribution in [2.24, 2.45) is 0 Å². The minimum atomic E-state index is -3.60. The Hall–Kier alpha value is -0.660. The first kappa shape index (κ1) is 15.3. The molecular weight excluding hydrogens is 230 g/mol. The van der Waals surface area contributed by atoms with Crippen molar-refractivity contribution in [3.63, 3.8) is 0 Å². The standard InChI is InChI=1S/C7H15N3O3S.C2H6.H2/c1-7(11)8-14(12,13)10-5-3-9(2)4-6-10;1-2;/h3-6H2,1-2H3,(H,8,11);1-2H3;1H. The van der Waals surface area contributed by atoms with Crippen molar-refractivity contribution < 1.29 is 14.6 Å². The fourth-order valence-corrected chi connectivity index (χ4v) is 2.41. The predicted molar refractivity (Wildman–Crippen MR) is 65.3 cm³/mol. The van der Waals surface area contributed by atoms with E-state index in [0.717, 1.165) is 0 Å². The largest absolute Gasteiger partial charge is 0.304 e. The van der Waals surface area contributed by atoms with Crippen LogP contribution in [-0.2, 0) is 15.0 Å². The Morgan fingerprint density at radius 1 is 1.19 bits per heavy atom. The molecule has 0 atom stereocenters. The second-order valence-corrected chi connectivity index (χ2v) is 5.04. The number of carbonyl (C=O) groups is 1. The number of carbonyl (C=O) groups excluding carboxylic acids is 1. The van der Waals surface area contributed by atoms with Gasteiger partial charge in [-0.1, -0.05) is 13.8 Å². The maximum absolute atomic E-state index is 11.5. The van der Waals surface area contributed by atoms with E-state index >= 15 is 0 Å². The summed E-state index contributed by atoms with van der Waals surface area (Å²) in [4.78, 5) is 12.7. The average Bonchev–Trinajstić information content (AvgIpc) is 2.19. The molecule has 6 nitrogen and oxygen atoms in total. The topological polar surface area (TPSA) is 69.7 Å². The molecule has 98 valence electrons. The molecular formula is C9H23N3O3S. The van der Waals surface area contributed by atoms with E-state index in [2.05, 4.69) is 0 Å². The van der Waals surface area contributed by atoms with Gasteiger partial charge in [-0.15, -0.1) is 0 Å². The van der Waals surface area contributed by atoms with E-state index in [0.29, 0.717) is 26.2 Å². The van der Waals surface area contributed by atoms with Crippen molar-refractivity contribution in [1.29, 1.82) is 0 Å². The minimum Gasteiger partial charge on any atom is -0.304 e. The van der Waals surface area contributed by atoms with Crippen molar-refractivity contribution in [2.45, 2.75) is 20.8 Å². The lowest BCUT2D eigenvalue weighted by molar-refractivity contribution is -0.117. The van der Waals surface area contributed by atoms with Crippen LogP contribution in [0.1, 0.15) is 22.2 Å². The summed E-state index contributed by atoms with van der Waals surface area (Å²) in [5, 5.41) is 0. The molecule has 1 N–H and O–H groups in total. The highest BCUT2D eigenvalue weighted by atomic mass is 32.2. The Kier molecular flexibility index (Phi) is 6.54. The van der Waals surface area contributed by atoms with Crippen LogP contribution in [0.5, 0.6) is 0 Å². The zero-order valence-electron chi connectivity index (χ0n) is 10.4. The first-order chi connectivity index (χ1) is 7.42. The third-order valence-corrected chi connectivity index (χ3v) is 3.67. The summed E-state index contributed by atoms with van der Waals surface area (Å²) in [7, 11) is -1.67. The third kappa shape index (κ3) is 4.91. The normalized spacial score (nSPS) is 18.5. The van der Waals surface area contributed by atoms with E-state index in [1.807, 2.05) is 30.5 Å². The molecule has 7 heteroatoms. The number of hydrogen-bond donors (Lipinski definition) is 1. The summed E-state index contributed by atoms with van der Waals surface area (Å²) in [5.41, 5.74) is 0. The van der Waals surface area contributed by atoms with Gasteiger partial charge < -0.3 is 4.90 Å². The summed E-state index contributed by atoms with van der Waals surface area (Å²) in [6, 6.07) is 0. The SMILES string of the molecule is CC.CC(=O)NS(=O)(=O)N1CCN(C)CC1.[HH]. The van der Waals surface area contributed by atoms with Gasteiger partial charge in [0.25, 0.3) is 0 Å². The molecule has 0 aromatic rings. The van der Waals surface area contributed by atoms with Crippen LogP contribution in [0.4, 0.5) is 0 Å². The summed E-state index contributed by atoms with van der Waals surface area (Å²) < 4.78 is 26.2. The zero-order valence-corrected chi connectivity index (χ0v) is 11.2. The van der Waals surface area contributed by atoms with Crippen LogP contribution in [0.25, 0.3) is 0 Å². The van der Waals surface area contributed by atoms with Crippen LogP contribution in [0.3, 0.4) is 0 Å². The molecule has 1 aliphatic rings. The van der Waals surface area contributed by atoms with Gasteiger partial charge in [0.2, 0.25) is 5.91 Å². The van der Waals surface area contributed by atoms with Gasteiger partial charge in [0.15, 0.2) is 0 Å². The number of nitrogens with one attached hydrogen (secondary N) is 1. The maximum Gasteiger partial charge on any atom is 0.303 e. The summed E-state index contributed by atoms with van der Waals surface area (Å²) >= 11 is 0. The van der Waals surface area contributed by atoms with E-state index in [9.17, 15) is 13.2 Å². The molecule has 0 aliphatic carbocycles. The first-order valence-electron chi connectivity index (χ1n) is 5.39. The van der Waals surface area contributed by atoms with Crippen LogP contribution in [0.15, 0.2) is 0 Å². The Bertz CT molecular complexity index is 313. The molecule has 1 fully saturated rings. The van der Waals surface area contributed by atoms with Crippen molar-refractivity contribution >= 4 is 16.1 Å². The molecule has 0 bridgehead atoms. The van der Waals surface area contributed by atoms with Crippen LogP contribution >= 0.6 is 0 Å². The van der Waals surface area contributed by atoms with Crippen LogP contribution < -0.4 is 4.72 Å². The van der Waals surface area contributed by atoms with Gasteiger partial charge >= 0.3 is 10.2 Å². The highest BCUT2D eigenvalue weighted by Crippen LogP contribution is 2.03. The quantitative estimate of drug-likeness (QED) is 0.745. The van der Waals surface area contributed by atoms with E-state index < -0.39 is 16.1 Å². The lowest BCUT2D eigenvalue weighted by Crippen LogP contribution is -2.51. The second-order valence-electron chi connectivity index (χ2n) is 3.37. The fraction of sp³-hybridized carbons (Fsp3) is 0.889. The van der Waals surface area contributed by atoms with Gasteiger partial charge in [-0.3, -0.25) is 4.79 Å². The minimum absolute atomic E-state index is 0. The Morgan fingerprint density at radius 2 is 1.62 bits per heavy atom. The van der Waals surface area contributed by atoms with Crippen molar-refractivity contribution in [2.75, 3.05) is 33.2 Å². The highest BCUT2D eigenvalue weighted by Gasteiger charge is 2.25. The molecule has 1 amide bonds. The molecule has 0 saturated carbocycles. The third-order valence-electron chi connectivity index (χ3n) is 2.07. The lowest BCUT2D eigenvalue weighted by atomic mass is 10.4. The van der Waals surface area contributed by atoms with Crippen LogP contribution in [0.2, 0.25) is 0 Å². The molecule has 0 aromatic carbocycles. The maximum atomic E-state index is 11.5. The molecule has 0 spiro atoms. The van der Waals surface area contributed by atoms with Gasteiger partial charge in [-0.25, -0.2) is 4.72 Å². The van der Waals surface area contributed by atoms with Crippen molar-refractivity contribution in [3.8, 4) is 0 Å². The van der Waals surface area contributed by atoms with Crippen molar-refractivity contribution in [3.05, 3.63) is 0 Å². The number of amides is 1. The van der Waals surface area contributed by atoms with Gasteiger partial charge in [-0.05, 0) is 7.05 Å². The molecule has 16 heavy (non-hydrogen) atoms. The molecule has 1 heterocycles. The van der Waals surface area contributed by atoms with E-state index in [-0.39, 0.29) is 1.43 Å². The second kappa shape index (κ2) is 6.82. The van der Waals surface area contributed by atoms with Gasteiger partial charge in [-0.2, -0.15) is 12.7 Å². The highest BCUT2D eigenvalue weighted by molar-refractivity contribution is 7.87. The molecule has 0 unspecified atom stereocenters. The van der Waals surface area contributed by atoms with Gasteiger partial charge in [0.1, 0.15) is 0 Å².